The Balaban J connectivity index is 1.71. The second kappa shape index (κ2) is 8.02. The van der Waals surface area contributed by atoms with Gasteiger partial charge in [-0.25, -0.2) is 4.98 Å². The van der Waals surface area contributed by atoms with E-state index < -0.39 is 0 Å². The van der Waals surface area contributed by atoms with Crippen molar-refractivity contribution in [2.24, 2.45) is 0 Å². The number of piperazine rings is 1. The molecular weight excluding hydrogens is 362 g/mol. The highest BCUT2D eigenvalue weighted by atomic mass is 15.2. The molecule has 1 saturated heterocycles. The van der Waals surface area contributed by atoms with Crippen LogP contribution in [0.3, 0.4) is 0 Å². The molecule has 2 aromatic heterocycles. The fraction of sp³-hybridized carbons (Fsp3) is 0.364. The normalized spacial score (nSPS) is 15.2. The van der Waals surface area contributed by atoms with E-state index in [4.69, 9.17) is 0 Å². The number of nitrogens with zero attached hydrogens (tertiary/aromatic N) is 5. The van der Waals surface area contributed by atoms with E-state index in [-0.39, 0.29) is 6.04 Å². The summed E-state index contributed by atoms with van der Waals surface area (Å²) in [6.45, 7) is 9.82. The first kappa shape index (κ1) is 19.1. The molecule has 0 unspecified atom stereocenters. The molecular formula is C22H25N7. The van der Waals surface area contributed by atoms with Crippen LogP contribution in [0.5, 0.6) is 0 Å². The molecule has 7 nitrogen and oxygen atoms in total. The first-order chi connectivity index (χ1) is 14.1. The molecule has 0 bridgehead atoms. The van der Waals surface area contributed by atoms with Crippen molar-refractivity contribution in [2.45, 2.75) is 26.8 Å². The van der Waals surface area contributed by atoms with Crippen LogP contribution in [-0.4, -0.2) is 41.4 Å². The first-order valence-corrected chi connectivity index (χ1v) is 9.93. The fourth-order valence-electron chi connectivity index (χ4n) is 3.86. The average molecular weight is 387 g/mol. The van der Waals surface area contributed by atoms with E-state index >= 15 is 0 Å². The predicted molar refractivity (Wildman–Crippen MR) is 115 cm³/mol. The molecule has 1 aliphatic heterocycles. The van der Waals surface area contributed by atoms with Gasteiger partial charge in [-0.3, -0.25) is 0 Å². The second-order valence-electron chi connectivity index (χ2n) is 7.46. The van der Waals surface area contributed by atoms with Gasteiger partial charge in [0.2, 0.25) is 0 Å². The molecule has 1 atom stereocenters. The Labute approximate surface area is 170 Å². The number of nitriles is 1. The van der Waals surface area contributed by atoms with Crippen LogP contribution in [0.2, 0.25) is 0 Å². The summed E-state index contributed by atoms with van der Waals surface area (Å²) in [5, 5.41) is 27.0. The van der Waals surface area contributed by atoms with Gasteiger partial charge < -0.3 is 15.5 Å². The topological polar surface area (TPSA) is 89.8 Å². The number of nitrogens with one attached hydrogen (secondary N) is 2. The lowest BCUT2D eigenvalue weighted by Gasteiger charge is -2.28. The summed E-state index contributed by atoms with van der Waals surface area (Å²) in [4.78, 5) is 6.96. The number of aromatic nitrogens is 3. The molecule has 148 valence electrons. The van der Waals surface area contributed by atoms with Crippen LogP contribution in [0.15, 0.2) is 30.5 Å². The molecule has 0 aliphatic carbocycles. The van der Waals surface area contributed by atoms with E-state index in [1.54, 1.807) is 0 Å². The third-order valence-electron chi connectivity index (χ3n) is 5.59. The molecule has 4 rings (SSSR count). The maximum atomic E-state index is 9.33. The monoisotopic (exact) mass is 387 g/mol. The minimum Gasteiger partial charge on any atom is -0.362 e. The van der Waals surface area contributed by atoms with Gasteiger partial charge in [0.25, 0.3) is 0 Å². The molecule has 2 N–H and O–H groups in total. The third-order valence-corrected chi connectivity index (χ3v) is 5.59. The zero-order chi connectivity index (χ0) is 20.4. The molecule has 7 heteroatoms. The first-order valence-electron chi connectivity index (χ1n) is 9.93. The van der Waals surface area contributed by atoms with Crippen LogP contribution in [0.25, 0.3) is 10.8 Å². The zero-order valence-corrected chi connectivity index (χ0v) is 17.0. The Morgan fingerprint density at radius 2 is 1.97 bits per heavy atom. The Bertz CT molecular complexity index is 1080. The number of fused-ring (bicyclic) bond motifs is 1. The van der Waals surface area contributed by atoms with Crippen LogP contribution >= 0.6 is 0 Å². The molecule has 0 radical (unpaired) electrons. The summed E-state index contributed by atoms with van der Waals surface area (Å²) in [6, 6.07) is 10.2. The van der Waals surface area contributed by atoms with E-state index in [1.807, 2.05) is 38.2 Å². The van der Waals surface area contributed by atoms with E-state index in [0.717, 1.165) is 65.4 Å². The number of hydrogen-bond acceptors (Lipinski definition) is 7. The van der Waals surface area contributed by atoms with Crippen LogP contribution in [0.4, 0.5) is 11.6 Å². The molecule has 0 saturated carbocycles. The number of hydrogen-bond donors (Lipinski definition) is 2. The van der Waals surface area contributed by atoms with Crippen LogP contribution in [0, 0.1) is 25.2 Å². The van der Waals surface area contributed by atoms with Crippen molar-refractivity contribution in [2.75, 3.05) is 36.4 Å². The van der Waals surface area contributed by atoms with Crippen LogP contribution < -0.4 is 15.5 Å². The molecule has 1 aliphatic rings. The Morgan fingerprint density at radius 1 is 1.17 bits per heavy atom. The van der Waals surface area contributed by atoms with Gasteiger partial charge in [0.1, 0.15) is 5.82 Å². The van der Waals surface area contributed by atoms with E-state index in [2.05, 4.69) is 49.8 Å². The molecule has 3 heterocycles. The Kier molecular flexibility index (Phi) is 5.28. The van der Waals surface area contributed by atoms with Crippen LogP contribution in [-0.2, 0) is 0 Å². The van der Waals surface area contributed by atoms with Gasteiger partial charge in [-0.2, -0.15) is 10.4 Å². The number of pyridine rings is 1. The standard InChI is InChI=1S/C22H25N7/c1-14-17(12-23)5-4-6-18(14)15(2)26-22-19-11-21(29-9-7-24-8-10-29)25-13-20(19)16(3)27-28-22/h4-6,11,13,15,24H,7-10H2,1-3H3,(H,26,28)/t15-/m1/s1. The largest absolute Gasteiger partial charge is 0.362 e. The highest BCUT2D eigenvalue weighted by Crippen LogP contribution is 2.30. The molecule has 1 aromatic carbocycles. The summed E-state index contributed by atoms with van der Waals surface area (Å²) in [5.74, 6) is 1.70. The lowest BCUT2D eigenvalue weighted by molar-refractivity contribution is 0.585. The van der Waals surface area contributed by atoms with Crippen molar-refractivity contribution < 1.29 is 0 Å². The quantitative estimate of drug-likeness (QED) is 0.711. The van der Waals surface area contributed by atoms with Crippen molar-refractivity contribution in [3.63, 3.8) is 0 Å². The van der Waals surface area contributed by atoms with Gasteiger partial charge in [0, 0.05) is 43.1 Å². The summed E-state index contributed by atoms with van der Waals surface area (Å²) in [5.41, 5.74) is 3.62. The fourth-order valence-corrected chi connectivity index (χ4v) is 3.86. The van der Waals surface area contributed by atoms with E-state index in [0.29, 0.717) is 5.56 Å². The third kappa shape index (κ3) is 3.71. The van der Waals surface area contributed by atoms with Gasteiger partial charge in [0.05, 0.1) is 23.4 Å². The minimum atomic E-state index is -0.0145. The van der Waals surface area contributed by atoms with Crippen molar-refractivity contribution in [1.82, 2.24) is 20.5 Å². The smallest absolute Gasteiger partial charge is 0.157 e. The van der Waals surface area contributed by atoms with E-state index in [1.165, 1.54) is 0 Å². The molecule has 3 aromatic rings. The van der Waals surface area contributed by atoms with Crippen molar-refractivity contribution in [3.8, 4) is 6.07 Å². The number of anilines is 2. The lowest BCUT2D eigenvalue weighted by Crippen LogP contribution is -2.43. The van der Waals surface area contributed by atoms with Crippen molar-refractivity contribution in [1.29, 1.82) is 5.26 Å². The van der Waals surface area contributed by atoms with Gasteiger partial charge in [-0.15, -0.1) is 5.10 Å². The second-order valence-corrected chi connectivity index (χ2v) is 7.46. The molecule has 29 heavy (non-hydrogen) atoms. The SMILES string of the molecule is Cc1c(C#N)cccc1[C@@H](C)Nc1nnc(C)c2cnc(N3CCNCC3)cc12. The number of rotatable bonds is 4. The maximum absolute atomic E-state index is 9.33. The summed E-state index contributed by atoms with van der Waals surface area (Å²) in [7, 11) is 0. The molecule has 0 amide bonds. The van der Waals surface area contributed by atoms with Gasteiger partial charge in [-0.1, -0.05) is 12.1 Å². The predicted octanol–water partition coefficient (Wildman–Crippen LogP) is 3.10. The zero-order valence-electron chi connectivity index (χ0n) is 17.0. The van der Waals surface area contributed by atoms with Gasteiger partial charge in [-0.05, 0) is 44.0 Å². The average Bonchev–Trinajstić information content (AvgIpc) is 2.76. The van der Waals surface area contributed by atoms with Crippen LogP contribution in [0.1, 0.15) is 35.3 Å². The summed E-state index contributed by atoms with van der Waals surface area (Å²) in [6.07, 6.45) is 1.90. The van der Waals surface area contributed by atoms with Gasteiger partial charge in [0.15, 0.2) is 5.82 Å². The number of benzene rings is 1. The number of aryl methyl sites for hydroxylation is 1. The van der Waals surface area contributed by atoms with Gasteiger partial charge >= 0.3 is 0 Å². The maximum Gasteiger partial charge on any atom is 0.157 e. The summed E-state index contributed by atoms with van der Waals surface area (Å²) < 4.78 is 0. The van der Waals surface area contributed by atoms with Crippen molar-refractivity contribution in [3.05, 3.63) is 52.8 Å². The summed E-state index contributed by atoms with van der Waals surface area (Å²) >= 11 is 0. The lowest BCUT2D eigenvalue weighted by atomic mass is 9.98. The Morgan fingerprint density at radius 3 is 2.72 bits per heavy atom. The highest BCUT2D eigenvalue weighted by molar-refractivity contribution is 5.94. The van der Waals surface area contributed by atoms with Crippen molar-refractivity contribution >= 4 is 22.4 Å². The highest BCUT2D eigenvalue weighted by Gasteiger charge is 2.17. The molecule has 0 spiro atoms. The van der Waals surface area contributed by atoms with E-state index in [9.17, 15) is 5.26 Å². The minimum absolute atomic E-state index is 0.0145. The molecule has 1 fully saturated rings. The Hall–Kier alpha value is -3.24.